The highest BCUT2D eigenvalue weighted by Crippen LogP contribution is 2.31. The average molecular weight is 253 g/mol. The topological polar surface area (TPSA) is 88.3 Å². The lowest BCUT2D eigenvalue weighted by atomic mass is 9.86. The van der Waals surface area contributed by atoms with Crippen molar-refractivity contribution in [2.45, 2.75) is 45.8 Å². The van der Waals surface area contributed by atoms with Crippen LogP contribution in [0.25, 0.3) is 0 Å². The van der Waals surface area contributed by atoms with Crippen molar-refractivity contribution in [1.29, 1.82) is 0 Å². The van der Waals surface area contributed by atoms with Crippen molar-refractivity contribution in [3.05, 3.63) is 27.9 Å². The first kappa shape index (κ1) is 14.4. The van der Waals surface area contributed by atoms with Crippen LogP contribution in [0, 0.1) is 17.0 Å². The van der Waals surface area contributed by atoms with Crippen molar-refractivity contribution in [2.24, 2.45) is 0 Å². The van der Waals surface area contributed by atoms with Crippen LogP contribution in [-0.4, -0.2) is 26.2 Å². The Bertz CT molecular complexity index is 464. The van der Waals surface area contributed by atoms with E-state index >= 15 is 0 Å². The van der Waals surface area contributed by atoms with Gasteiger partial charge in [-0.05, 0) is 40.7 Å². The molecule has 6 heteroatoms. The number of pyridine rings is 1. The molecule has 18 heavy (non-hydrogen) atoms. The SMILES string of the molecule is Cc1ccnc(NC(C)(C)C(C)(C)O)c1[N+](=O)[O-]. The molecule has 0 aliphatic carbocycles. The highest BCUT2D eigenvalue weighted by molar-refractivity contribution is 5.61. The largest absolute Gasteiger partial charge is 0.388 e. The van der Waals surface area contributed by atoms with E-state index in [-0.39, 0.29) is 11.5 Å². The van der Waals surface area contributed by atoms with Gasteiger partial charge in [0.2, 0.25) is 5.82 Å². The molecule has 0 amide bonds. The molecule has 0 saturated heterocycles. The normalized spacial score (nSPS) is 12.3. The molecule has 0 unspecified atom stereocenters. The zero-order chi connectivity index (χ0) is 14.1. The van der Waals surface area contributed by atoms with Crippen molar-refractivity contribution < 1.29 is 10.0 Å². The van der Waals surface area contributed by atoms with Gasteiger partial charge in [-0.15, -0.1) is 0 Å². The van der Waals surface area contributed by atoms with Gasteiger partial charge >= 0.3 is 5.69 Å². The third-order valence-corrected chi connectivity index (χ3v) is 3.27. The van der Waals surface area contributed by atoms with E-state index in [4.69, 9.17) is 0 Å². The van der Waals surface area contributed by atoms with E-state index in [0.29, 0.717) is 5.56 Å². The van der Waals surface area contributed by atoms with E-state index in [1.807, 2.05) is 0 Å². The number of nitrogens with one attached hydrogen (secondary N) is 1. The van der Waals surface area contributed by atoms with Gasteiger partial charge in [-0.3, -0.25) is 10.1 Å². The predicted octanol–water partition coefficient (Wildman–Crippen LogP) is 2.26. The first-order valence-electron chi connectivity index (χ1n) is 5.67. The van der Waals surface area contributed by atoms with Gasteiger partial charge in [0.15, 0.2) is 0 Å². The van der Waals surface area contributed by atoms with Gasteiger partial charge in [0.05, 0.1) is 16.1 Å². The van der Waals surface area contributed by atoms with Crippen molar-refractivity contribution in [2.75, 3.05) is 5.32 Å². The molecule has 0 aliphatic heterocycles. The molecule has 1 rings (SSSR count). The molecule has 0 fully saturated rings. The maximum atomic E-state index is 11.0. The van der Waals surface area contributed by atoms with Gasteiger partial charge in [0.1, 0.15) is 0 Å². The van der Waals surface area contributed by atoms with E-state index < -0.39 is 16.1 Å². The highest BCUT2D eigenvalue weighted by atomic mass is 16.6. The molecule has 0 aliphatic rings. The minimum atomic E-state index is -1.05. The lowest BCUT2D eigenvalue weighted by molar-refractivity contribution is -0.384. The lowest BCUT2D eigenvalue weighted by Gasteiger charge is -2.38. The molecule has 100 valence electrons. The van der Waals surface area contributed by atoms with Gasteiger partial charge in [-0.1, -0.05) is 0 Å². The Kier molecular flexibility index (Phi) is 3.62. The van der Waals surface area contributed by atoms with E-state index in [9.17, 15) is 15.2 Å². The Hall–Kier alpha value is -1.69. The van der Waals surface area contributed by atoms with Crippen LogP contribution in [-0.2, 0) is 0 Å². The summed E-state index contributed by atoms with van der Waals surface area (Å²) in [5, 5.41) is 24.0. The van der Waals surface area contributed by atoms with Crippen LogP contribution in [0.3, 0.4) is 0 Å². The van der Waals surface area contributed by atoms with Crippen molar-refractivity contribution in [3.63, 3.8) is 0 Å². The summed E-state index contributed by atoms with van der Waals surface area (Å²) in [4.78, 5) is 14.6. The summed E-state index contributed by atoms with van der Waals surface area (Å²) in [6.07, 6.45) is 1.51. The number of rotatable bonds is 4. The summed E-state index contributed by atoms with van der Waals surface area (Å²) in [6.45, 7) is 8.47. The molecular weight excluding hydrogens is 234 g/mol. The number of nitrogens with zero attached hydrogens (tertiary/aromatic N) is 2. The molecule has 0 radical (unpaired) electrons. The summed E-state index contributed by atoms with van der Waals surface area (Å²) in [5.41, 5.74) is -1.33. The first-order valence-corrected chi connectivity index (χ1v) is 5.67. The number of aliphatic hydroxyl groups is 1. The van der Waals surface area contributed by atoms with Gasteiger partial charge in [0.25, 0.3) is 0 Å². The van der Waals surface area contributed by atoms with Gasteiger partial charge in [-0.2, -0.15) is 0 Å². The maximum absolute atomic E-state index is 11.0. The van der Waals surface area contributed by atoms with Gasteiger partial charge < -0.3 is 10.4 Å². The number of anilines is 1. The van der Waals surface area contributed by atoms with Crippen LogP contribution in [0.15, 0.2) is 12.3 Å². The Labute approximate surface area is 106 Å². The van der Waals surface area contributed by atoms with Gasteiger partial charge in [-0.25, -0.2) is 4.98 Å². The second-order valence-electron chi connectivity index (χ2n) is 5.39. The zero-order valence-corrected chi connectivity index (χ0v) is 11.3. The van der Waals surface area contributed by atoms with Crippen LogP contribution in [0.1, 0.15) is 33.3 Å². The number of hydrogen-bond acceptors (Lipinski definition) is 5. The Morgan fingerprint density at radius 3 is 2.39 bits per heavy atom. The second kappa shape index (κ2) is 4.53. The van der Waals surface area contributed by atoms with Crippen LogP contribution < -0.4 is 5.32 Å². The third-order valence-electron chi connectivity index (χ3n) is 3.27. The first-order chi connectivity index (χ1) is 8.06. The van der Waals surface area contributed by atoms with Crippen LogP contribution >= 0.6 is 0 Å². The smallest absolute Gasteiger partial charge is 0.314 e. The molecule has 0 saturated carbocycles. The number of aryl methyl sites for hydroxylation is 1. The molecular formula is C12H19N3O3. The number of hydrogen-bond donors (Lipinski definition) is 2. The van der Waals surface area contributed by atoms with E-state index in [2.05, 4.69) is 10.3 Å². The molecule has 2 N–H and O–H groups in total. The van der Waals surface area contributed by atoms with E-state index in [1.165, 1.54) is 6.20 Å². The van der Waals surface area contributed by atoms with Crippen LogP contribution in [0.4, 0.5) is 11.5 Å². The summed E-state index contributed by atoms with van der Waals surface area (Å²) in [7, 11) is 0. The summed E-state index contributed by atoms with van der Waals surface area (Å²) >= 11 is 0. The molecule has 1 aromatic rings. The summed E-state index contributed by atoms with van der Waals surface area (Å²) < 4.78 is 0. The molecule has 1 heterocycles. The number of nitro groups is 1. The monoisotopic (exact) mass is 253 g/mol. The molecule has 6 nitrogen and oxygen atoms in total. The van der Waals surface area contributed by atoms with E-state index in [0.717, 1.165) is 0 Å². The molecule has 1 aromatic heterocycles. The molecule has 0 spiro atoms. The minimum absolute atomic E-state index is 0.0603. The summed E-state index contributed by atoms with van der Waals surface area (Å²) in [6, 6.07) is 1.58. The number of aromatic nitrogens is 1. The highest BCUT2D eigenvalue weighted by Gasteiger charge is 2.37. The van der Waals surface area contributed by atoms with Crippen molar-refractivity contribution in [1.82, 2.24) is 4.98 Å². The fraction of sp³-hybridized carbons (Fsp3) is 0.583. The van der Waals surface area contributed by atoms with Crippen molar-refractivity contribution in [3.8, 4) is 0 Å². The fourth-order valence-corrected chi connectivity index (χ4v) is 1.32. The zero-order valence-electron chi connectivity index (χ0n) is 11.3. The van der Waals surface area contributed by atoms with Crippen LogP contribution in [0.5, 0.6) is 0 Å². The second-order valence-corrected chi connectivity index (χ2v) is 5.39. The van der Waals surface area contributed by atoms with Crippen molar-refractivity contribution >= 4 is 11.5 Å². The quantitative estimate of drug-likeness (QED) is 0.634. The average Bonchev–Trinajstić information content (AvgIpc) is 2.14. The molecule has 0 atom stereocenters. The predicted molar refractivity (Wildman–Crippen MR) is 69.6 cm³/mol. The van der Waals surface area contributed by atoms with Gasteiger partial charge in [0, 0.05) is 11.8 Å². The lowest BCUT2D eigenvalue weighted by Crippen LogP contribution is -2.51. The standard InChI is InChI=1S/C12H19N3O3/c1-8-6-7-13-10(9(8)15(17)18)14-11(2,3)12(4,5)16/h6-7,16H,1-5H3,(H,13,14). The van der Waals surface area contributed by atoms with Crippen LogP contribution in [0.2, 0.25) is 0 Å². The summed E-state index contributed by atoms with van der Waals surface area (Å²) in [5.74, 6) is 0.173. The minimum Gasteiger partial charge on any atom is -0.388 e. The Morgan fingerprint density at radius 2 is 1.94 bits per heavy atom. The maximum Gasteiger partial charge on any atom is 0.314 e. The Morgan fingerprint density at radius 1 is 1.39 bits per heavy atom. The fourth-order valence-electron chi connectivity index (χ4n) is 1.32. The van der Waals surface area contributed by atoms with E-state index in [1.54, 1.807) is 40.7 Å². The Balaban J connectivity index is 3.21. The molecule has 0 aromatic carbocycles. The molecule has 0 bridgehead atoms. The third kappa shape index (κ3) is 2.76.